The summed E-state index contributed by atoms with van der Waals surface area (Å²) in [5.74, 6) is -1.00. The van der Waals surface area contributed by atoms with Crippen molar-refractivity contribution in [2.45, 2.75) is 51.5 Å². The van der Waals surface area contributed by atoms with E-state index in [1.807, 2.05) is 65.6 Å². The maximum Gasteiger partial charge on any atom is 0.309 e. The van der Waals surface area contributed by atoms with E-state index in [1.165, 1.54) is 0 Å². The third-order valence-corrected chi connectivity index (χ3v) is 8.94. The minimum atomic E-state index is -0.932. The van der Waals surface area contributed by atoms with Crippen molar-refractivity contribution in [3.8, 4) is 11.5 Å². The second-order valence-electron chi connectivity index (χ2n) is 11.4. The number of nitrogens with one attached hydrogen (secondary N) is 1. The van der Waals surface area contributed by atoms with Crippen LogP contribution in [0.3, 0.4) is 0 Å². The number of likely N-dealkylation sites (tertiary alicyclic amines) is 1. The van der Waals surface area contributed by atoms with Crippen molar-refractivity contribution in [3.05, 3.63) is 82.9 Å². The number of carboxylic acids is 1. The molecule has 0 aromatic heterocycles. The van der Waals surface area contributed by atoms with Gasteiger partial charge in [-0.25, -0.2) is 0 Å². The molecule has 3 aromatic carbocycles. The summed E-state index contributed by atoms with van der Waals surface area (Å²) in [6, 6.07) is 18.6. The molecule has 224 valence electrons. The predicted octanol–water partition coefficient (Wildman–Crippen LogP) is 5.15. The Labute approximate surface area is 251 Å². The first-order valence-corrected chi connectivity index (χ1v) is 15.0. The Bertz CT molecular complexity index is 1520. The number of hydrogen-bond acceptors (Lipinski definition) is 6. The molecular weight excluding hydrogens is 546 g/mol. The SMILES string of the molecule is CCc1cccc(CC)c1NC(=O)CN1C[C@H](c2ccc3c(c2)OCO3)C(C(=O)O)[C@@H]1c1ccc(N2CCCC2=O)cc1. The van der Waals surface area contributed by atoms with Gasteiger partial charge >= 0.3 is 5.97 Å². The zero-order chi connectivity index (χ0) is 30.1. The minimum absolute atomic E-state index is 0.0308. The van der Waals surface area contributed by atoms with Crippen molar-refractivity contribution in [3.63, 3.8) is 0 Å². The molecule has 9 nitrogen and oxygen atoms in total. The second-order valence-corrected chi connectivity index (χ2v) is 11.4. The molecule has 2 fully saturated rings. The van der Waals surface area contributed by atoms with E-state index < -0.39 is 23.8 Å². The molecule has 2 amide bonds. The first-order valence-electron chi connectivity index (χ1n) is 15.0. The van der Waals surface area contributed by atoms with E-state index >= 15 is 0 Å². The highest BCUT2D eigenvalue weighted by molar-refractivity contribution is 5.95. The topological polar surface area (TPSA) is 108 Å². The highest BCUT2D eigenvalue weighted by atomic mass is 16.7. The van der Waals surface area contributed by atoms with E-state index in [0.717, 1.165) is 52.9 Å². The molecule has 3 atom stereocenters. The van der Waals surface area contributed by atoms with Crippen LogP contribution in [0, 0.1) is 5.92 Å². The van der Waals surface area contributed by atoms with Gasteiger partial charge in [0.2, 0.25) is 18.6 Å². The lowest BCUT2D eigenvalue weighted by molar-refractivity contribution is -0.143. The van der Waals surface area contributed by atoms with Crippen molar-refractivity contribution < 1.29 is 29.0 Å². The molecule has 2 N–H and O–H groups in total. The normalized spacial score (nSPS) is 21.4. The van der Waals surface area contributed by atoms with Crippen LogP contribution in [0.1, 0.15) is 60.9 Å². The molecule has 3 aromatic rings. The summed E-state index contributed by atoms with van der Waals surface area (Å²) in [6.07, 6.45) is 2.93. The summed E-state index contributed by atoms with van der Waals surface area (Å²) >= 11 is 0. The van der Waals surface area contributed by atoms with Crippen LogP contribution in [-0.4, -0.2) is 54.2 Å². The van der Waals surface area contributed by atoms with Crippen molar-refractivity contribution in [1.82, 2.24) is 4.90 Å². The number of amides is 2. The standard InChI is InChI=1S/C34H37N3O6/c1-3-21-7-5-8-22(4-2)32(21)35-29(38)19-36-18-26(24-12-15-27-28(17-24)43-20-42-27)31(34(40)41)33(36)23-10-13-25(14-11-23)37-16-6-9-30(37)39/h5,7-8,10-15,17,26,31,33H,3-4,6,9,16,18-20H2,1-2H3,(H,35,38)(H,40,41)/t26-,31?,33+/m1/s1. The molecule has 6 rings (SSSR count). The van der Waals surface area contributed by atoms with Crippen LogP contribution in [0.5, 0.6) is 11.5 Å². The molecule has 3 heterocycles. The second kappa shape index (κ2) is 12.1. The molecule has 0 aliphatic carbocycles. The molecule has 3 aliphatic heterocycles. The molecule has 43 heavy (non-hydrogen) atoms. The van der Waals surface area contributed by atoms with E-state index in [4.69, 9.17) is 9.47 Å². The van der Waals surface area contributed by atoms with Gasteiger partial charge in [0.1, 0.15) is 0 Å². The quantitative estimate of drug-likeness (QED) is 0.359. The Balaban J connectivity index is 1.33. The van der Waals surface area contributed by atoms with E-state index in [0.29, 0.717) is 31.0 Å². The molecule has 0 saturated carbocycles. The number of carboxylic acid groups (broad SMARTS) is 1. The first kappa shape index (κ1) is 28.7. The van der Waals surface area contributed by atoms with Crippen LogP contribution in [0.25, 0.3) is 0 Å². The third kappa shape index (κ3) is 5.57. The zero-order valence-electron chi connectivity index (χ0n) is 24.5. The molecule has 0 radical (unpaired) electrons. The van der Waals surface area contributed by atoms with Gasteiger partial charge in [0, 0.05) is 42.8 Å². The van der Waals surface area contributed by atoms with Crippen LogP contribution >= 0.6 is 0 Å². The van der Waals surface area contributed by atoms with E-state index in [-0.39, 0.29) is 25.2 Å². The van der Waals surface area contributed by atoms with Crippen molar-refractivity contribution >= 4 is 29.2 Å². The van der Waals surface area contributed by atoms with Gasteiger partial charge in [-0.3, -0.25) is 19.3 Å². The number of ether oxygens (including phenoxy) is 2. The Morgan fingerprint density at radius 1 is 0.953 bits per heavy atom. The van der Waals surface area contributed by atoms with Gasteiger partial charge in [-0.05, 0) is 65.8 Å². The molecule has 3 aliphatic rings. The third-order valence-electron chi connectivity index (χ3n) is 8.94. The van der Waals surface area contributed by atoms with Crippen molar-refractivity contribution in [2.24, 2.45) is 5.92 Å². The highest BCUT2D eigenvalue weighted by Crippen LogP contribution is 2.48. The number of fused-ring (bicyclic) bond motifs is 1. The Hall–Kier alpha value is -4.37. The van der Waals surface area contributed by atoms with Gasteiger partial charge in [0.15, 0.2) is 11.5 Å². The van der Waals surface area contributed by atoms with Crippen molar-refractivity contribution in [1.29, 1.82) is 0 Å². The maximum atomic E-state index is 13.6. The monoisotopic (exact) mass is 583 g/mol. The van der Waals surface area contributed by atoms with Gasteiger partial charge in [-0.1, -0.05) is 50.2 Å². The fraction of sp³-hybridized carbons (Fsp3) is 0.382. The van der Waals surface area contributed by atoms with E-state index in [1.54, 1.807) is 4.90 Å². The number of benzene rings is 3. The van der Waals surface area contributed by atoms with Crippen molar-refractivity contribution in [2.75, 3.05) is 36.6 Å². The van der Waals surface area contributed by atoms with E-state index in [9.17, 15) is 19.5 Å². The van der Waals surface area contributed by atoms with Crippen LogP contribution in [0.15, 0.2) is 60.7 Å². The largest absolute Gasteiger partial charge is 0.481 e. The number of nitrogens with zero attached hydrogens (tertiary/aromatic N) is 2. The van der Waals surface area contributed by atoms with Crippen LogP contribution in [0.2, 0.25) is 0 Å². The lowest BCUT2D eigenvalue weighted by Crippen LogP contribution is -2.35. The Kier molecular flexibility index (Phi) is 8.08. The van der Waals surface area contributed by atoms with E-state index in [2.05, 4.69) is 19.2 Å². The molecule has 2 saturated heterocycles. The Morgan fingerprint density at radius 3 is 2.30 bits per heavy atom. The number of para-hydroxylation sites is 1. The number of hydrogen-bond donors (Lipinski definition) is 2. The predicted molar refractivity (Wildman–Crippen MR) is 163 cm³/mol. The fourth-order valence-corrected chi connectivity index (χ4v) is 6.81. The number of aryl methyl sites for hydroxylation is 2. The Morgan fingerprint density at radius 2 is 1.65 bits per heavy atom. The van der Waals surface area contributed by atoms with Gasteiger partial charge in [0.05, 0.1) is 12.5 Å². The summed E-state index contributed by atoms with van der Waals surface area (Å²) in [5.41, 5.74) is 5.40. The number of anilines is 2. The molecular formula is C34H37N3O6. The lowest BCUT2D eigenvalue weighted by atomic mass is 9.82. The maximum absolute atomic E-state index is 13.6. The summed E-state index contributed by atoms with van der Waals surface area (Å²) in [5, 5.41) is 13.8. The number of carbonyl (C=O) groups excluding carboxylic acids is 2. The zero-order valence-corrected chi connectivity index (χ0v) is 24.5. The number of rotatable bonds is 9. The van der Waals surface area contributed by atoms with Gasteiger partial charge in [-0.2, -0.15) is 0 Å². The summed E-state index contributed by atoms with van der Waals surface area (Å²) in [4.78, 5) is 42.7. The fourth-order valence-electron chi connectivity index (χ4n) is 6.81. The highest BCUT2D eigenvalue weighted by Gasteiger charge is 2.48. The van der Waals surface area contributed by atoms with Crippen LogP contribution < -0.4 is 19.7 Å². The number of carbonyl (C=O) groups is 3. The average molecular weight is 584 g/mol. The molecule has 1 unspecified atom stereocenters. The van der Waals surface area contributed by atoms with Crippen LogP contribution in [0.4, 0.5) is 11.4 Å². The molecule has 0 bridgehead atoms. The summed E-state index contributed by atoms with van der Waals surface area (Å²) in [7, 11) is 0. The average Bonchev–Trinajstić information content (AvgIpc) is 3.75. The summed E-state index contributed by atoms with van der Waals surface area (Å²) in [6.45, 7) is 5.34. The number of aliphatic carboxylic acids is 1. The van der Waals surface area contributed by atoms with Gasteiger partial charge < -0.3 is 24.8 Å². The lowest BCUT2D eigenvalue weighted by Gasteiger charge is -2.28. The van der Waals surface area contributed by atoms with Gasteiger partial charge in [0.25, 0.3) is 0 Å². The first-order chi connectivity index (χ1) is 20.9. The smallest absolute Gasteiger partial charge is 0.309 e. The molecule has 9 heteroatoms. The summed E-state index contributed by atoms with van der Waals surface area (Å²) < 4.78 is 11.1. The minimum Gasteiger partial charge on any atom is -0.481 e. The molecule has 0 spiro atoms. The van der Waals surface area contributed by atoms with Gasteiger partial charge in [-0.15, -0.1) is 0 Å². The van der Waals surface area contributed by atoms with Crippen LogP contribution in [-0.2, 0) is 27.2 Å².